The van der Waals surface area contributed by atoms with Crippen molar-refractivity contribution in [1.29, 1.82) is 0 Å². The summed E-state index contributed by atoms with van der Waals surface area (Å²) >= 11 is 0. The Hall–Kier alpha value is -1.33. The summed E-state index contributed by atoms with van der Waals surface area (Å²) in [6, 6.07) is 7.68. The Kier molecular flexibility index (Phi) is 3.59. The molecule has 2 fully saturated rings. The first-order valence-corrected chi connectivity index (χ1v) is 8.79. The van der Waals surface area contributed by atoms with Gasteiger partial charge >= 0.3 is 7.12 Å². The van der Waals surface area contributed by atoms with Gasteiger partial charge in [-0.1, -0.05) is 18.2 Å². The summed E-state index contributed by atoms with van der Waals surface area (Å²) in [5, 5.41) is 0. The van der Waals surface area contributed by atoms with Crippen molar-refractivity contribution in [2.75, 3.05) is 0 Å². The summed E-state index contributed by atoms with van der Waals surface area (Å²) in [7, 11) is -0.948. The molecule has 3 aliphatic rings. The molecule has 1 atom stereocenters. The van der Waals surface area contributed by atoms with Crippen molar-refractivity contribution in [1.82, 2.24) is 0 Å². The van der Waals surface area contributed by atoms with E-state index in [1.54, 1.807) is 0 Å². The monoisotopic (exact) mass is 330 g/mol. The first kappa shape index (κ1) is 16.2. The largest absolute Gasteiger partial charge is 0.525 e. The third-order valence-corrected chi connectivity index (χ3v) is 5.79. The quantitative estimate of drug-likeness (QED) is 0.744. The highest BCUT2D eigenvalue weighted by atomic mass is 19.1. The smallest absolute Gasteiger partial charge is 0.489 e. The minimum atomic E-state index is -0.948. The number of ether oxygens (including phenoxy) is 1. The number of halogens is 1. The molecule has 0 amide bonds. The van der Waals surface area contributed by atoms with Crippen LogP contribution in [0.5, 0.6) is 5.75 Å². The molecule has 0 spiro atoms. The molecule has 1 aliphatic carbocycles. The fraction of sp³-hybridized carbons (Fsp3) is 0.579. The zero-order valence-electron chi connectivity index (χ0n) is 14.8. The molecule has 4 rings (SSSR count). The van der Waals surface area contributed by atoms with Crippen LogP contribution in [0, 0.1) is 5.92 Å². The molecule has 5 heteroatoms. The maximum atomic E-state index is 15.4. The first-order chi connectivity index (χ1) is 11.3. The van der Waals surface area contributed by atoms with E-state index in [4.69, 9.17) is 14.0 Å². The standard InChI is InChI=1S/C19H24BFO3/c1-18(2)19(3,4)24-20(23-18)17(21)14-11-16(12-9-10-12)22-15-8-6-5-7-13(14)15/h5-8,12,16H,9-11H2,1-4H3. The van der Waals surface area contributed by atoms with E-state index in [1.807, 2.05) is 52.0 Å². The molecule has 0 N–H and O–H groups in total. The molecule has 3 nitrogen and oxygen atoms in total. The maximum Gasteiger partial charge on any atom is 0.525 e. The lowest BCUT2D eigenvalue weighted by atomic mass is 9.79. The minimum absolute atomic E-state index is 0.0584. The van der Waals surface area contributed by atoms with Crippen LogP contribution in [0.2, 0.25) is 0 Å². The Bertz CT molecular complexity index is 678. The van der Waals surface area contributed by atoms with E-state index in [1.165, 1.54) is 0 Å². The van der Waals surface area contributed by atoms with Crippen molar-refractivity contribution in [3.05, 3.63) is 35.6 Å². The summed E-state index contributed by atoms with van der Waals surface area (Å²) in [4.78, 5) is 0. The van der Waals surface area contributed by atoms with E-state index >= 15 is 4.39 Å². The summed E-state index contributed by atoms with van der Waals surface area (Å²) in [6.07, 6.45) is 2.97. The number of hydrogen-bond donors (Lipinski definition) is 0. The van der Waals surface area contributed by atoms with Crippen LogP contribution in [0.4, 0.5) is 4.39 Å². The average Bonchev–Trinajstić information content (AvgIpc) is 3.33. The molecule has 2 aliphatic heterocycles. The maximum absolute atomic E-state index is 15.4. The van der Waals surface area contributed by atoms with Gasteiger partial charge in [-0.15, -0.1) is 0 Å². The molecule has 128 valence electrons. The van der Waals surface area contributed by atoms with E-state index < -0.39 is 18.3 Å². The van der Waals surface area contributed by atoms with Crippen LogP contribution >= 0.6 is 0 Å². The average molecular weight is 330 g/mol. The van der Waals surface area contributed by atoms with Gasteiger partial charge in [-0.3, -0.25) is 0 Å². The van der Waals surface area contributed by atoms with Gasteiger partial charge in [0.2, 0.25) is 0 Å². The Labute approximate surface area is 143 Å². The van der Waals surface area contributed by atoms with E-state index in [0.29, 0.717) is 17.9 Å². The molecule has 0 aromatic heterocycles. The van der Waals surface area contributed by atoms with Crippen molar-refractivity contribution >= 4 is 12.7 Å². The minimum Gasteiger partial charge on any atom is -0.489 e. The lowest BCUT2D eigenvalue weighted by Crippen LogP contribution is -2.41. The van der Waals surface area contributed by atoms with Crippen molar-refractivity contribution in [3.63, 3.8) is 0 Å². The number of rotatable bonds is 2. The van der Waals surface area contributed by atoms with Crippen LogP contribution in [0.25, 0.3) is 5.57 Å². The summed E-state index contributed by atoms with van der Waals surface area (Å²) < 4.78 is 33.3. The second-order valence-electron chi connectivity index (χ2n) is 8.11. The molecular formula is C19H24BFO3. The van der Waals surface area contributed by atoms with Gasteiger partial charge in [0, 0.05) is 12.0 Å². The molecule has 1 aromatic rings. The van der Waals surface area contributed by atoms with Gasteiger partial charge in [0.05, 0.1) is 11.2 Å². The van der Waals surface area contributed by atoms with Crippen molar-refractivity contribution in [2.24, 2.45) is 5.92 Å². The predicted octanol–water partition coefficient (Wildman–Crippen LogP) is 4.56. The van der Waals surface area contributed by atoms with Crippen LogP contribution in [0.15, 0.2) is 30.0 Å². The van der Waals surface area contributed by atoms with Gasteiger partial charge in [0.25, 0.3) is 0 Å². The van der Waals surface area contributed by atoms with E-state index in [2.05, 4.69) is 0 Å². The van der Waals surface area contributed by atoms with E-state index in [9.17, 15) is 0 Å². The van der Waals surface area contributed by atoms with Gasteiger partial charge in [-0.2, -0.15) is 0 Å². The lowest BCUT2D eigenvalue weighted by Gasteiger charge is -2.32. The molecule has 1 unspecified atom stereocenters. The van der Waals surface area contributed by atoms with Gasteiger partial charge in [-0.25, -0.2) is 4.39 Å². The molecule has 0 bridgehead atoms. The second kappa shape index (κ2) is 5.33. The fourth-order valence-electron chi connectivity index (χ4n) is 3.38. The SMILES string of the molecule is CC1(C)OB(C(F)=C2CC(C3CC3)Oc3ccccc32)OC1(C)C. The summed E-state index contributed by atoms with van der Waals surface area (Å²) in [5.41, 5.74) is 0.0932. The molecule has 0 radical (unpaired) electrons. The normalized spacial score (nSPS) is 29.9. The molecule has 2 heterocycles. The third kappa shape index (κ3) is 2.58. The van der Waals surface area contributed by atoms with Crippen molar-refractivity contribution in [2.45, 2.75) is 64.3 Å². The highest BCUT2D eigenvalue weighted by molar-refractivity contribution is 6.55. The van der Waals surface area contributed by atoms with Gasteiger partial charge in [-0.05, 0) is 58.1 Å². The molecule has 1 saturated heterocycles. The van der Waals surface area contributed by atoms with Crippen LogP contribution in [-0.2, 0) is 9.31 Å². The van der Waals surface area contributed by atoms with E-state index in [-0.39, 0.29) is 11.8 Å². The van der Waals surface area contributed by atoms with Crippen LogP contribution in [0.3, 0.4) is 0 Å². The molecule has 24 heavy (non-hydrogen) atoms. The zero-order valence-corrected chi connectivity index (χ0v) is 14.8. The molecule has 1 saturated carbocycles. The third-order valence-electron chi connectivity index (χ3n) is 5.79. The van der Waals surface area contributed by atoms with Gasteiger partial charge < -0.3 is 14.0 Å². The van der Waals surface area contributed by atoms with Crippen molar-refractivity contribution < 1.29 is 18.4 Å². The van der Waals surface area contributed by atoms with Crippen LogP contribution in [0.1, 0.15) is 52.5 Å². The predicted molar refractivity (Wildman–Crippen MR) is 92.3 cm³/mol. The van der Waals surface area contributed by atoms with Gasteiger partial charge in [0.15, 0.2) is 0 Å². The number of hydrogen-bond acceptors (Lipinski definition) is 3. The van der Waals surface area contributed by atoms with Crippen LogP contribution < -0.4 is 4.74 Å². The van der Waals surface area contributed by atoms with Crippen LogP contribution in [-0.4, -0.2) is 24.4 Å². The highest BCUT2D eigenvalue weighted by Crippen LogP contribution is 2.47. The first-order valence-electron chi connectivity index (χ1n) is 8.79. The molecule has 1 aromatic carbocycles. The highest BCUT2D eigenvalue weighted by Gasteiger charge is 2.54. The molecular weight excluding hydrogens is 306 g/mol. The topological polar surface area (TPSA) is 27.7 Å². The number of fused-ring (bicyclic) bond motifs is 1. The Morgan fingerprint density at radius 3 is 2.33 bits per heavy atom. The zero-order chi connectivity index (χ0) is 17.1. The Morgan fingerprint density at radius 2 is 1.71 bits per heavy atom. The van der Waals surface area contributed by atoms with Crippen molar-refractivity contribution in [3.8, 4) is 5.75 Å². The number of benzene rings is 1. The summed E-state index contributed by atoms with van der Waals surface area (Å²) in [5.74, 6) is 1.31. The fourth-order valence-corrected chi connectivity index (χ4v) is 3.38. The Morgan fingerprint density at radius 1 is 1.08 bits per heavy atom. The van der Waals surface area contributed by atoms with E-state index in [0.717, 1.165) is 24.2 Å². The summed E-state index contributed by atoms with van der Waals surface area (Å²) in [6.45, 7) is 7.76. The Balaban J connectivity index is 1.72. The lowest BCUT2D eigenvalue weighted by molar-refractivity contribution is 0.00578. The number of para-hydroxylation sites is 1. The van der Waals surface area contributed by atoms with Gasteiger partial charge in [0.1, 0.15) is 17.6 Å². The second-order valence-corrected chi connectivity index (χ2v) is 8.11.